The molecule has 66 heavy (non-hydrogen) atoms. The molecule has 0 aliphatic heterocycles. The molecule has 16 heteroatoms. The molecule has 0 bridgehead atoms. The van der Waals surface area contributed by atoms with Gasteiger partial charge >= 0.3 is 0 Å². The van der Waals surface area contributed by atoms with Crippen LogP contribution < -0.4 is 9.88 Å². The highest BCUT2D eigenvalue weighted by Gasteiger charge is 2.55. The minimum atomic E-state index is -4.46. The van der Waals surface area contributed by atoms with Crippen LogP contribution in [-0.2, 0) is 36.3 Å². The maximum Gasteiger partial charge on any atom is 0.269 e. The summed E-state index contributed by atoms with van der Waals surface area (Å²) in [5.74, 6) is -0.375. The zero-order chi connectivity index (χ0) is 46.8. The Morgan fingerprint density at radius 1 is 0.909 bits per heavy atom. The second kappa shape index (κ2) is 19.4. The number of oxime groups is 1. The molecular formula is C50H58N4O10S2. The first-order valence-corrected chi connectivity index (χ1v) is 26.0. The van der Waals surface area contributed by atoms with Crippen molar-refractivity contribution < 1.29 is 50.6 Å². The SMILES string of the molecule is Cc1ccc(S(=O)(=O)N(CCCC(=O)NCCCCO/N=C2/C[C@@H]3[C@H](CC[C@]4(C)[C@@H](O)CC[C@@H]34)c3ccc(O)cc32)C(=O)c2c3ccccc3[n+](CCCS(=O)(=O)[O-])c3ccccc23)cc1. The molecule has 2 fully saturated rings. The molecule has 3 aliphatic carbocycles. The Labute approximate surface area is 386 Å². The molecule has 1 heterocycles. The summed E-state index contributed by atoms with van der Waals surface area (Å²) in [5.41, 5.74) is 4.90. The number of phenolic OH excluding ortho intramolecular Hbond substituents is 1. The molecule has 2 saturated carbocycles. The zero-order valence-corrected chi connectivity index (χ0v) is 39.0. The average Bonchev–Trinajstić information content (AvgIpc) is 3.60. The number of aromatic hydroxyl groups is 1. The number of rotatable bonds is 17. The molecule has 8 rings (SSSR count). The number of fused-ring (bicyclic) bond motifs is 7. The van der Waals surface area contributed by atoms with Gasteiger partial charge in [-0.05, 0) is 123 Å². The van der Waals surface area contributed by atoms with E-state index in [-0.39, 0.29) is 66.0 Å². The van der Waals surface area contributed by atoms with E-state index in [9.17, 15) is 41.2 Å². The van der Waals surface area contributed by atoms with Crippen LogP contribution in [0, 0.1) is 24.2 Å². The molecule has 0 unspecified atom stereocenters. The molecule has 5 atom stereocenters. The number of hydrogen-bond donors (Lipinski definition) is 3. The number of para-hydroxylation sites is 2. The first-order chi connectivity index (χ1) is 31.6. The molecule has 350 valence electrons. The maximum atomic E-state index is 14.9. The zero-order valence-electron chi connectivity index (χ0n) is 37.4. The average molecular weight is 939 g/mol. The second-order valence-corrected chi connectivity index (χ2v) is 21.8. The number of aromatic nitrogens is 1. The minimum absolute atomic E-state index is 0.0350. The fourth-order valence-corrected chi connectivity index (χ4v) is 12.8. The van der Waals surface area contributed by atoms with Crippen molar-refractivity contribution >= 4 is 59.5 Å². The first kappa shape index (κ1) is 47.1. The number of nitrogens with zero attached hydrogens (tertiary/aromatic N) is 3. The van der Waals surface area contributed by atoms with Crippen LogP contribution in [0.1, 0.15) is 104 Å². The van der Waals surface area contributed by atoms with Crippen molar-refractivity contribution in [2.75, 3.05) is 25.4 Å². The fourth-order valence-electron chi connectivity index (χ4n) is 10.9. The maximum absolute atomic E-state index is 14.9. The summed E-state index contributed by atoms with van der Waals surface area (Å²) >= 11 is 0. The lowest BCUT2D eigenvalue weighted by molar-refractivity contribution is -0.645. The summed E-state index contributed by atoms with van der Waals surface area (Å²) in [6, 6.07) is 25.7. The molecule has 4 aromatic carbocycles. The van der Waals surface area contributed by atoms with E-state index in [0.717, 1.165) is 53.2 Å². The van der Waals surface area contributed by atoms with Crippen molar-refractivity contribution in [3.8, 4) is 5.75 Å². The van der Waals surface area contributed by atoms with Crippen molar-refractivity contribution in [3.05, 3.63) is 113 Å². The van der Waals surface area contributed by atoms with Crippen LogP contribution in [0.15, 0.2) is 101 Å². The lowest BCUT2D eigenvalue weighted by Gasteiger charge is -2.50. The van der Waals surface area contributed by atoms with Gasteiger partial charge in [-0.1, -0.05) is 60.1 Å². The summed E-state index contributed by atoms with van der Waals surface area (Å²) in [4.78, 5) is 33.8. The first-order valence-electron chi connectivity index (χ1n) is 22.9. The van der Waals surface area contributed by atoms with Gasteiger partial charge in [-0.15, -0.1) is 0 Å². The smallest absolute Gasteiger partial charge is 0.269 e. The third-order valence-corrected chi connectivity index (χ3v) is 16.8. The second-order valence-electron chi connectivity index (χ2n) is 18.4. The van der Waals surface area contributed by atoms with E-state index in [1.165, 1.54) is 17.7 Å². The molecular weight excluding hydrogens is 881 g/mol. The molecule has 5 aromatic rings. The fraction of sp³-hybridized carbons (Fsp3) is 0.440. The molecule has 1 aromatic heterocycles. The highest BCUT2D eigenvalue weighted by Crippen LogP contribution is 2.61. The number of carbonyl (C=O) groups excluding carboxylic acids is 2. The van der Waals surface area contributed by atoms with E-state index < -0.39 is 31.8 Å². The van der Waals surface area contributed by atoms with Gasteiger partial charge in [-0.25, -0.2) is 21.1 Å². The van der Waals surface area contributed by atoms with Gasteiger partial charge in [0.15, 0.2) is 6.54 Å². The molecule has 0 saturated heterocycles. The van der Waals surface area contributed by atoms with Crippen LogP contribution in [0.2, 0.25) is 0 Å². The number of amides is 2. The van der Waals surface area contributed by atoms with Crippen molar-refractivity contribution in [1.29, 1.82) is 0 Å². The van der Waals surface area contributed by atoms with Gasteiger partial charge in [0.1, 0.15) is 12.4 Å². The summed E-state index contributed by atoms with van der Waals surface area (Å²) in [7, 11) is -8.88. The van der Waals surface area contributed by atoms with Crippen molar-refractivity contribution in [2.24, 2.45) is 22.4 Å². The Hall–Kier alpha value is -5.42. The topological polar surface area (TPSA) is 207 Å². The van der Waals surface area contributed by atoms with E-state index in [0.29, 0.717) is 65.6 Å². The Balaban J connectivity index is 0.913. The summed E-state index contributed by atoms with van der Waals surface area (Å²) in [6.07, 6.45) is 5.46. The molecule has 3 N–H and O–H groups in total. The van der Waals surface area contributed by atoms with E-state index in [4.69, 9.17) is 4.84 Å². The third kappa shape index (κ3) is 9.69. The number of aliphatic hydroxyl groups excluding tert-OH is 1. The van der Waals surface area contributed by atoms with Gasteiger partial charge in [0, 0.05) is 49.4 Å². The number of sulfonamides is 1. The van der Waals surface area contributed by atoms with Gasteiger partial charge in [0.25, 0.3) is 15.9 Å². The highest BCUT2D eigenvalue weighted by atomic mass is 32.2. The lowest BCUT2D eigenvalue weighted by atomic mass is 9.55. The van der Waals surface area contributed by atoms with E-state index >= 15 is 0 Å². The number of benzene rings is 4. The normalized spacial score (nSPS) is 22.2. The third-order valence-electron chi connectivity index (χ3n) is 14.2. The summed E-state index contributed by atoms with van der Waals surface area (Å²) in [6.45, 7) is 4.61. The monoisotopic (exact) mass is 938 g/mol. The van der Waals surface area contributed by atoms with Crippen molar-refractivity contribution in [1.82, 2.24) is 9.62 Å². The van der Waals surface area contributed by atoms with Crippen LogP contribution in [0.4, 0.5) is 0 Å². The van der Waals surface area contributed by atoms with Gasteiger partial charge in [0.05, 0.1) is 43.2 Å². The van der Waals surface area contributed by atoms with Crippen LogP contribution >= 0.6 is 0 Å². The lowest BCUT2D eigenvalue weighted by Crippen LogP contribution is -2.45. The minimum Gasteiger partial charge on any atom is -0.748 e. The molecule has 2 amide bonds. The number of phenols is 1. The molecule has 3 aliphatic rings. The Bertz CT molecular complexity index is 2830. The molecule has 0 radical (unpaired) electrons. The van der Waals surface area contributed by atoms with Crippen molar-refractivity contribution in [3.63, 3.8) is 0 Å². The predicted molar refractivity (Wildman–Crippen MR) is 249 cm³/mol. The van der Waals surface area contributed by atoms with E-state index in [2.05, 4.69) is 17.4 Å². The van der Waals surface area contributed by atoms with Crippen molar-refractivity contribution in [2.45, 2.75) is 102 Å². The summed E-state index contributed by atoms with van der Waals surface area (Å²) in [5, 5.41) is 29.6. The van der Waals surface area contributed by atoms with Gasteiger partial charge in [-0.2, -0.15) is 4.57 Å². The van der Waals surface area contributed by atoms with Crippen LogP contribution in [0.25, 0.3) is 21.8 Å². The summed E-state index contributed by atoms with van der Waals surface area (Å²) < 4.78 is 65.8. The Kier molecular flexibility index (Phi) is 13.9. The number of unbranched alkanes of at least 4 members (excludes halogenated alkanes) is 1. The number of carbonyl (C=O) groups is 2. The highest BCUT2D eigenvalue weighted by molar-refractivity contribution is 7.89. The Morgan fingerprint density at radius 2 is 1.61 bits per heavy atom. The number of nitrogens with one attached hydrogen (secondary N) is 1. The van der Waals surface area contributed by atoms with Gasteiger partial charge in [-0.3, -0.25) is 9.59 Å². The predicted octanol–water partition coefficient (Wildman–Crippen LogP) is 6.83. The number of aryl methyl sites for hydroxylation is 2. The number of aliphatic hydroxyl groups is 1. The van der Waals surface area contributed by atoms with E-state index in [1.807, 2.05) is 17.6 Å². The molecule has 0 spiro atoms. The van der Waals surface area contributed by atoms with Crippen LogP contribution in [-0.4, -0.2) is 85.0 Å². The number of hydrogen-bond acceptors (Lipinski definition) is 11. The van der Waals surface area contributed by atoms with E-state index in [1.54, 1.807) is 72.8 Å². The van der Waals surface area contributed by atoms with Gasteiger partial charge < -0.3 is 24.9 Å². The number of pyridine rings is 1. The standard InChI is InChI=1S/C50H58N4O10S2/c1-33-16-19-35(20-17-33)66(62,63)54(49(58)48-38-11-3-5-13-44(38)53(27-10-30-65(59,60)61)45-14-6-4-12-39(45)48)28-9-15-47(57)51-26-7-8-29-64-52-43-32-40-37(36-21-18-34(55)31-41(36)43)24-25-50(2)42(40)22-23-46(50)56/h3-6,11-14,16-21,31,37,40,42,46,56H,7-10,15,22-30,32H2,1-2H3,(H2-,51,55,57,59,60,61)/b52-43-/t37-,40-,42+,46+,50+/m1/s1. The quantitative estimate of drug-likeness (QED) is 0.0291. The molecule has 14 nitrogen and oxygen atoms in total. The van der Waals surface area contributed by atoms with Crippen LogP contribution in [0.3, 0.4) is 0 Å². The van der Waals surface area contributed by atoms with Gasteiger partial charge in [0.2, 0.25) is 16.9 Å². The largest absolute Gasteiger partial charge is 0.748 e. The Morgan fingerprint density at radius 3 is 2.30 bits per heavy atom. The van der Waals surface area contributed by atoms with Crippen LogP contribution in [0.5, 0.6) is 5.75 Å².